The molecule has 0 radical (unpaired) electrons. The predicted octanol–water partition coefficient (Wildman–Crippen LogP) is 0.904. The van der Waals surface area contributed by atoms with Crippen LogP contribution in [0.5, 0.6) is 0 Å². The molecule has 21 heavy (non-hydrogen) atoms. The van der Waals surface area contributed by atoms with Gasteiger partial charge in [-0.15, -0.1) is 0 Å². The monoisotopic (exact) mass is 304 g/mol. The van der Waals surface area contributed by atoms with E-state index in [0.717, 1.165) is 10.1 Å². The van der Waals surface area contributed by atoms with Crippen LogP contribution in [0.25, 0.3) is 0 Å². The van der Waals surface area contributed by atoms with E-state index in [1.807, 2.05) is 30.3 Å². The summed E-state index contributed by atoms with van der Waals surface area (Å²) in [5, 5.41) is 0.296. The number of hydrogen-bond acceptors (Lipinski definition) is 4. The smallest absolute Gasteiger partial charge is 0.332 e. The fraction of sp³-hybridized carbons (Fsp3) is 0.214. The highest BCUT2D eigenvalue weighted by atomic mass is 32.2. The lowest BCUT2D eigenvalue weighted by atomic mass is 10.2. The Morgan fingerprint density at radius 3 is 2.57 bits per heavy atom. The molecular formula is C14H16N4O2S. The van der Waals surface area contributed by atoms with E-state index in [9.17, 15) is 9.59 Å². The van der Waals surface area contributed by atoms with Crippen LogP contribution in [0.2, 0.25) is 0 Å². The first-order valence-corrected chi connectivity index (χ1v) is 7.48. The molecule has 1 aromatic heterocycles. The van der Waals surface area contributed by atoms with Gasteiger partial charge in [0.1, 0.15) is 5.82 Å². The zero-order valence-corrected chi connectivity index (χ0v) is 12.6. The van der Waals surface area contributed by atoms with Crippen LogP contribution in [-0.4, -0.2) is 20.6 Å². The number of nitrogens with zero attached hydrogens (tertiary/aromatic N) is 3. The summed E-state index contributed by atoms with van der Waals surface area (Å²) in [6.07, 6.45) is 1.78. The number of aromatic nitrogens is 2. The molecule has 0 saturated heterocycles. The van der Waals surface area contributed by atoms with E-state index in [2.05, 4.69) is 4.99 Å². The lowest BCUT2D eigenvalue weighted by Gasteiger charge is -2.11. The van der Waals surface area contributed by atoms with E-state index in [0.29, 0.717) is 11.7 Å². The summed E-state index contributed by atoms with van der Waals surface area (Å²) in [7, 11) is 1.44. The molecule has 0 aliphatic heterocycles. The summed E-state index contributed by atoms with van der Waals surface area (Å²) in [4.78, 5) is 28.2. The number of benzene rings is 1. The fourth-order valence-electron chi connectivity index (χ4n) is 1.82. The van der Waals surface area contributed by atoms with E-state index < -0.39 is 11.2 Å². The highest BCUT2D eigenvalue weighted by Crippen LogP contribution is 2.11. The Hall–Kier alpha value is -2.28. The molecule has 0 bridgehead atoms. The Morgan fingerprint density at radius 1 is 1.29 bits per heavy atom. The SMILES string of the molecule is CSC(N)=Nc1cc(=O)n(C)c(=O)n1Cc1ccccc1. The molecule has 2 rings (SSSR count). The Morgan fingerprint density at radius 2 is 1.95 bits per heavy atom. The van der Waals surface area contributed by atoms with Crippen molar-refractivity contribution in [3.05, 3.63) is 62.8 Å². The zero-order valence-electron chi connectivity index (χ0n) is 11.8. The molecule has 0 fully saturated rings. The highest BCUT2D eigenvalue weighted by Gasteiger charge is 2.09. The van der Waals surface area contributed by atoms with Crippen LogP contribution in [0.3, 0.4) is 0 Å². The van der Waals surface area contributed by atoms with E-state index in [-0.39, 0.29) is 5.82 Å². The summed E-state index contributed by atoms with van der Waals surface area (Å²) in [6.45, 7) is 0.328. The third-order valence-electron chi connectivity index (χ3n) is 2.99. The van der Waals surface area contributed by atoms with Crippen molar-refractivity contribution in [2.45, 2.75) is 6.54 Å². The maximum absolute atomic E-state index is 12.3. The number of nitrogens with two attached hydrogens (primary N) is 1. The average molecular weight is 304 g/mol. The van der Waals surface area contributed by atoms with Crippen molar-refractivity contribution in [1.82, 2.24) is 9.13 Å². The molecule has 0 aliphatic rings. The second-order valence-electron chi connectivity index (χ2n) is 4.41. The first kappa shape index (κ1) is 15.1. The first-order chi connectivity index (χ1) is 10.0. The summed E-state index contributed by atoms with van der Waals surface area (Å²) in [5.41, 5.74) is 5.81. The minimum atomic E-state index is -0.418. The molecule has 0 aliphatic carbocycles. The Kier molecular flexibility index (Phi) is 4.64. The van der Waals surface area contributed by atoms with Gasteiger partial charge in [-0.05, 0) is 11.8 Å². The lowest BCUT2D eigenvalue weighted by molar-refractivity contribution is 0.649. The van der Waals surface area contributed by atoms with Crippen LogP contribution < -0.4 is 17.0 Å². The molecule has 7 heteroatoms. The van der Waals surface area contributed by atoms with Gasteiger partial charge in [0, 0.05) is 13.1 Å². The molecule has 0 atom stereocenters. The molecular weight excluding hydrogens is 288 g/mol. The van der Waals surface area contributed by atoms with E-state index in [4.69, 9.17) is 5.73 Å². The van der Waals surface area contributed by atoms with Crippen LogP contribution in [0, 0.1) is 0 Å². The molecule has 1 heterocycles. The highest BCUT2D eigenvalue weighted by molar-refractivity contribution is 8.13. The second-order valence-corrected chi connectivity index (χ2v) is 5.23. The average Bonchev–Trinajstić information content (AvgIpc) is 2.50. The molecule has 2 aromatic rings. The molecule has 0 unspecified atom stereocenters. The van der Waals surface area contributed by atoms with E-state index in [1.54, 1.807) is 6.26 Å². The maximum Gasteiger partial charge on any atom is 0.332 e. The van der Waals surface area contributed by atoms with Crippen LogP contribution >= 0.6 is 11.8 Å². The van der Waals surface area contributed by atoms with Gasteiger partial charge in [-0.1, -0.05) is 42.1 Å². The van der Waals surface area contributed by atoms with Crippen molar-refractivity contribution in [2.24, 2.45) is 17.8 Å². The lowest BCUT2D eigenvalue weighted by Crippen LogP contribution is -2.37. The number of rotatable bonds is 3. The number of thioether (sulfide) groups is 1. The summed E-state index contributed by atoms with van der Waals surface area (Å²) < 4.78 is 2.48. The van der Waals surface area contributed by atoms with Crippen LogP contribution in [0.15, 0.2) is 51.0 Å². The molecule has 110 valence electrons. The van der Waals surface area contributed by atoms with Gasteiger partial charge in [-0.3, -0.25) is 13.9 Å². The molecule has 0 saturated carbocycles. The van der Waals surface area contributed by atoms with Crippen molar-refractivity contribution < 1.29 is 0 Å². The normalized spacial score (nSPS) is 11.6. The van der Waals surface area contributed by atoms with Gasteiger partial charge >= 0.3 is 5.69 Å². The van der Waals surface area contributed by atoms with Crippen LogP contribution in [0.1, 0.15) is 5.56 Å². The second kappa shape index (κ2) is 6.45. The Balaban J connectivity index is 2.59. The number of hydrogen-bond donors (Lipinski definition) is 1. The van der Waals surface area contributed by atoms with Gasteiger partial charge in [0.25, 0.3) is 5.56 Å². The van der Waals surface area contributed by atoms with Crippen molar-refractivity contribution >= 4 is 22.7 Å². The summed E-state index contributed by atoms with van der Waals surface area (Å²) >= 11 is 1.25. The van der Waals surface area contributed by atoms with Gasteiger partial charge in [0.15, 0.2) is 5.17 Å². The van der Waals surface area contributed by atoms with Gasteiger partial charge in [0.05, 0.1) is 6.54 Å². The summed E-state index contributed by atoms with van der Waals surface area (Å²) in [5.74, 6) is 0.263. The quantitative estimate of drug-likeness (QED) is 0.675. The molecule has 0 amide bonds. The fourth-order valence-corrected chi connectivity index (χ4v) is 2.01. The standard InChI is InChI=1S/C14H16N4O2S/c1-17-12(19)8-11(16-13(15)21-2)18(14(17)20)9-10-6-4-3-5-7-10/h3-8H,9H2,1-2H3,(H2,15,16). The number of amidine groups is 1. The van der Waals surface area contributed by atoms with Crippen molar-refractivity contribution in [1.29, 1.82) is 0 Å². The maximum atomic E-state index is 12.3. The molecule has 2 N–H and O–H groups in total. The topological polar surface area (TPSA) is 82.4 Å². The van der Waals surface area contributed by atoms with Crippen molar-refractivity contribution in [2.75, 3.05) is 6.26 Å². The zero-order chi connectivity index (χ0) is 15.4. The van der Waals surface area contributed by atoms with Gasteiger partial charge < -0.3 is 5.73 Å². The van der Waals surface area contributed by atoms with Gasteiger partial charge in [-0.2, -0.15) is 0 Å². The molecule has 6 nitrogen and oxygen atoms in total. The van der Waals surface area contributed by atoms with Crippen LogP contribution in [0.4, 0.5) is 5.82 Å². The van der Waals surface area contributed by atoms with Gasteiger partial charge in [0.2, 0.25) is 0 Å². The summed E-state index contributed by atoms with van der Waals surface area (Å²) in [6, 6.07) is 10.8. The third-order valence-corrected chi connectivity index (χ3v) is 3.50. The van der Waals surface area contributed by atoms with Crippen LogP contribution in [-0.2, 0) is 13.6 Å². The predicted molar refractivity (Wildman–Crippen MR) is 86.3 cm³/mol. The van der Waals surface area contributed by atoms with Gasteiger partial charge in [-0.25, -0.2) is 9.79 Å². The Bertz CT molecular complexity index is 778. The third kappa shape index (κ3) is 3.43. The Labute approximate surface area is 125 Å². The minimum absolute atomic E-state index is 0.263. The molecule has 1 aromatic carbocycles. The minimum Gasteiger partial charge on any atom is -0.378 e. The van der Waals surface area contributed by atoms with Crippen molar-refractivity contribution in [3.8, 4) is 0 Å². The van der Waals surface area contributed by atoms with E-state index in [1.165, 1.54) is 29.4 Å². The number of aliphatic imine (C=N–C) groups is 1. The van der Waals surface area contributed by atoms with Crippen molar-refractivity contribution in [3.63, 3.8) is 0 Å². The van der Waals surface area contributed by atoms with E-state index >= 15 is 0 Å². The molecule has 0 spiro atoms. The first-order valence-electron chi connectivity index (χ1n) is 6.26. The largest absolute Gasteiger partial charge is 0.378 e.